The summed E-state index contributed by atoms with van der Waals surface area (Å²) in [6, 6.07) is 4.12. The Bertz CT molecular complexity index is 440. The Balaban J connectivity index is 2.06. The van der Waals surface area contributed by atoms with E-state index in [1.165, 1.54) is 18.6 Å². The van der Waals surface area contributed by atoms with Gasteiger partial charge in [-0.25, -0.2) is 8.78 Å². The summed E-state index contributed by atoms with van der Waals surface area (Å²) in [5, 5.41) is 0. The molecule has 2 nitrogen and oxygen atoms in total. The van der Waals surface area contributed by atoms with Gasteiger partial charge in [0.2, 0.25) is 0 Å². The molecule has 1 aliphatic rings. The van der Waals surface area contributed by atoms with E-state index in [2.05, 4.69) is 18.7 Å². The molecule has 3 unspecified atom stereocenters. The third kappa shape index (κ3) is 3.76. The fraction of sp³-hybridized carbons (Fsp3) is 0.625. The topological polar surface area (TPSA) is 29.3 Å². The van der Waals surface area contributed by atoms with Gasteiger partial charge < -0.3 is 10.6 Å². The SMILES string of the molecule is CC1CC(C)CN(CC(CN)c2ccc(F)c(F)c2)C1. The summed E-state index contributed by atoms with van der Waals surface area (Å²) in [5.41, 5.74) is 6.63. The molecule has 112 valence electrons. The van der Waals surface area contributed by atoms with Crippen molar-refractivity contribution in [2.45, 2.75) is 26.2 Å². The van der Waals surface area contributed by atoms with Crippen LogP contribution in [0.2, 0.25) is 0 Å². The van der Waals surface area contributed by atoms with Crippen LogP contribution in [0.25, 0.3) is 0 Å². The van der Waals surface area contributed by atoms with Crippen LogP contribution >= 0.6 is 0 Å². The molecule has 0 amide bonds. The second-order valence-electron chi connectivity index (χ2n) is 6.27. The molecule has 0 saturated carbocycles. The van der Waals surface area contributed by atoms with Gasteiger partial charge in [-0.15, -0.1) is 0 Å². The van der Waals surface area contributed by atoms with Crippen molar-refractivity contribution >= 4 is 0 Å². The largest absolute Gasteiger partial charge is 0.330 e. The third-order valence-corrected chi connectivity index (χ3v) is 4.12. The van der Waals surface area contributed by atoms with Crippen molar-refractivity contribution in [3.8, 4) is 0 Å². The first-order valence-electron chi connectivity index (χ1n) is 7.37. The number of piperidine rings is 1. The lowest BCUT2D eigenvalue weighted by atomic mass is 9.90. The standard InChI is InChI=1S/C16H24F2N2/c1-11-5-12(2)9-20(8-11)10-14(7-19)13-3-4-15(17)16(18)6-13/h3-4,6,11-12,14H,5,7-10,19H2,1-2H3. The summed E-state index contributed by atoms with van der Waals surface area (Å²) in [7, 11) is 0. The van der Waals surface area contributed by atoms with Crippen molar-refractivity contribution in [1.29, 1.82) is 0 Å². The van der Waals surface area contributed by atoms with E-state index in [-0.39, 0.29) is 5.92 Å². The number of nitrogens with zero attached hydrogens (tertiary/aromatic N) is 1. The van der Waals surface area contributed by atoms with E-state index in [9.17, 15) is 8.78 Å². The molecular formula is C16H24F2N2. The molecule has 1 saturated heterocycles. The van der Waals surface area contributed by atoms with Gasteiger partial charge in [0.25, 0.3) is 0 Å². The predicted molar refractivity (Wildman–Crippen MR) is 77.5 cm³/mol. The van der Waals surface area contributed by atoms with Gasteiger partial charge in [0.15, 0.2) is 11.6 Å². The molecule has 20 heavy (non-hydrogen) atoms. The number of hydrogen-bond donors (Lipinski definition) is 1. The minimum absolute atomic E-state index is 0.0580. The lowest BCUT2D eigenvalue weighted by molar-refractivity contribution is 0.134. The van der Waals surface area contributed by atoms with Crippen LogP contribution < -0.4 is 5.73 Å². The minimum Gasteiger partial charge on any atom is -0.330 e. The molecule has 1 fully saturated rings. The second kappa shape index (κ2) is 6.64. The monoisotopic (exact) mass is 282 g/mol. The molecule has 1 aliphatic heterocycles. The second-order valence-corrected chi connectivity index (χ2v) is 6.27. The fourth-order valence-corrected chi connectivity index (χ4v) is 3.34. The van der Waals surface area contributed by atoms with Gasteiger partial charge in [-0.05, 0) is 36.0 Å². The van der Waals surface area contributed by atoms with Crippen molar-refractivity contribution < 1.29 is 8.78 Å². The summed E-state index contributed by atoms with van der Waals surface area (Å²) in [6.07, 6.45) is 1.26. The van der Waals surface area contributed by atoms with Crippen LogP contribution in [-0.4, -0.2) is 31.1 Å². The van der Waals surface area contributed by atoms with Crippen LogP contribution in [0.1, 0.15) is 31.7 Å². The Labute approximate surface area is 120 Å². The maximum Gasteiger partial charge on any atom is 0.159 e. The van der Waals surface area contributed by atoms with Gasteiger partial charge >= 0.3 is 0 Å². The smallest absolute Gasteiger partial charge is 0.159 e. The van der Waals surface area contributed by atoms with Crippen LogP contribution in [0, 0.1) is 23.5 Å². The predicted octanol–water partition coefficient (Wildman–Crippen LogP) is 2.99. The van der Waals surface area contributed by atoms with E-state index >= 15 is 0 Å². The third-order valence-electron chi connectivity index (χ3n) is 4.12. The van der Waals surface area contributed by atoms with Gasteiger partial charge in [-0.1, -0.05) is 19.9 Å². The number of likely N-dealkylation sites (tertiary alicyclic amines) is 1. The maximum atomic E-state index is 13.3. The van der Waals surface area contributed by atoms with Gasteiger partial charge in [-0.3, -0.25) is 0 Å². The van der Waals surface area contributed by atoms with Crippen LogP contribution in [0.3, 0.4) is 0 Å². The zero-order valence-corrected chi connectivity index (χ0v) is 12.3. The highest BCUT2D eigenvalue weighted by atomic mass is 19.2. The Morgan fingerprint density at radius 2 is 1.85 bits per heavy atom. The van der Waals surface area contributed by atoms with Crippen molar-refractivity contribution in [2.24, 2.45) is 17.6 Å². The molecule has 0 aliphatic carbocycles. The zero-order valence-electron chi connectivity index (χ0n) is 12.3. The molecule has 0 spiro atoms. The van der Waals surface area contributed by atoms with Crippen molar-refractivity contribution in [3.05, 3.63) is 35.4 Å². The summed E-state index contributed by atoms with van der Waals surface area (Å²) < 4.78 is 26.4. The first kappa shape index (κ1) is 15.4. The van der Waals surface area contributed by atoms with Crippen molar-refractivity contribution in [3.63, 3.8) is 0 Å². The first-order chi connectivity index (χ1) is 9.49. The number of halogens is 2. The Morgan fingerprint density at radius 3 is 2.40 bits per heavy atom. The average Bonchev–Trinajstić information content (AvgIpc) is 2.38. The van der Waals surface area contributed by atoms with E-state index in [4.69, 9.17) is 5.73 Å². The number of benzene rings is 1. The molecule has 1 aromatic rings. The highest BCUT2D eigenvalue weighted by molar-refractivity contribution is 5.22. The fourth-order valence-electron chi connectivity index (χ4n) is 3.34. The van der Waals surface area contributed by atoms with Crippen LogP contribution in [0.5, 0.6) is 0 Å². The maximum absolute atomic E-state index is 13.3. The van der Waals surface area contributed by atoms with Gasteiger partial charge in [0, 0.05) is 32.1 Å². The average molecular weight is 282 g/mol. The Morgan fingerprint density at radius 1 is 1.20 bits per heavy atom. The molecule has 4 heteroatoms. The lowest BCUT2D eigenvalue weighted by Crippen LogP contribution is -2.42. The summed E-state index contributed by atoms with van der Waals surface area (Å²) in [6.45, 7) is 7.91. The number of hydrogen-bond acceptors (Lipinski definition) is 2. The van der Waals surface area contributed by atoms with Crippen LogP contribution in [-0.2, 0) is 0 Å². The molecule has 1 heterocycles. The molecule has 0 aromatic heterocycles. The highest BCUT2D eigenvalue weighted by Gasteiger charge is 2.24. The van der Waals surface area contributed by atoms with E-state index in [0.717, 1.165) is 25.2 Å². The lowest BCUT2D eigenvalue weighted by Gasteiger charge is -2.37. The molecule has 2 N–H and O–H groups in total. The number of nitrogens with two attached hydrogens (primary N) is 1. The van der Waals surface area contributed by atoms with Crippen LogP contribution in [0.4, 0.5) is 8.78 Å². The summed E-state index contributed by atoms with van der Waals surface area (Å²) >= 11 is 0. The van der Waals surface area contributed by atoms with Crippen molar-refractivity contribution in [2.75, 3.05) is 26.2 Å². The molecule has 0 bridgehead atoms. The van der Waals surface area contributed by atoms with E-state index < -0.39 is 11.6 Å². The van der Waals surface area contributed by atoms with Crippen molar-refractivity contribution in [1.82, 2.24) is 4.90 Å². The molecular weight excluding hydrogens is 258 g/mol. The normalized spacial score (nSPS) is 25.6. The highest BCUT2D eigenvalue weighted by Crippen LogP contribution is 2.25. The molecule has 3 atom stereocenters. The number of rotatable bonds is 4. The van der Waals surface area contributed by atoms with E-state index in [1.807, 2.05) is 0 Å². The van der Waals surface area contributed by atoms with Gasteiger partial charge in [0.1, 0.15) is 0 Å². The minimum atomic E-state index is -0.801. The molecule has 0 radical (unpaired) electrons. The first-order valence-corrected chi connectivity index (χ1v) is 7.37. The zero-order chi connectivity index (χ0) is 14.7. The van der Waals surface area contributed by atoms with Crippen LogP contribution in [0.15, 0.2) is 18.2 Å². The van der Waals surface area contributed by atoms with E-state index in [0.29, 0.717) is 18.4 Å². The molecule has 2 rings (SSSR count). The Hall–Kier alpha value is -1.00. The quantitative estimate of drug-likeness (QED) is 0.920. The summed E-state index contributed by atoms with van der Waals surface area (Å²) in [5.74, 6) is -0.169. The van der Waals surface area contributed by atoms with E-state index in [1.54, 1.807) is 6.07 Å². The molecule has 1 aromatic carbocycles. The Kier molecular flexibility index (Phi) is 5.11. The van der Waals surface area contributed by atoms with Gasteiger partial charge in [0.05, 0.1) is 0 Å². The summed E-state index contributed by atoms with van der Waals surface area (Å²) in [4.78, 5) is 2.40. The van der Waals surface area contributed by atoms with Gasteiger partial charge in [-0.2, -0.15) is 0 Å².